The summed E-state index contributed by atoms with van der Waals surface area (Å²) in [6, 6.07) is 9.44. The van der Waals surface area contributed by atoms with E-state index in [4.69, 9.17) is 0 Å². The molecule has 1 heterocycles. The van der Waals surface area contributed by atoms with E-state index in [-0.39, 0.29) is 17.9 Å². The van der Waals surface area contributed by atoms with E-state index in [0.29, 0.717) is 13.0 Å². The van der Waals surface area contributed by atoms with Gasteiger partial charge in [0.25, 0.3) is 0 Å². The van der Waals surface area contributed by atoms with Crippen LogP contribution in [0.2, 0.25) is 0 Å². The van der Waals surface area contributed by atoms with Gasteiger partial charge < -0.3 is 10.2 Å². The molecule has 1 aromatic rings. The first kappa shape index (κ1) is 10.7. The lowest BCUT2D eigenvalue weighted by Gasteiger charge is -2.16. The smallest absolute Gasteiger partial charge is 0.229 e. The first-order chi connectivity index (χ1) is 7.66. The Morgan fingerprint density at radius 2 is 2.06 bits per heavy atom. The Bertz CT molecular complexity index is 403. The molecule has 1 aliphatic rings. The highest BCUT2D eigenvalue weighted by Gasteiger charge is 2.30. The maximum atomic E-state index is 11.7. The number of anilines is 1. The summed E-state index contributed by atoms with van der Waals surface area (Å²) in [5.41, 5.74) is 0.889. The number of rotatable bonds is 2. The zero-order valence-corrected chi connectivity index (χ0v) is 9.14. The molecule has 2 rings (SSSR count). The van der Waals surface area contributed by atoms with Crippen molar-refractivity contribution in [3.63, 3.8) is 0 Å². The Labute approximate surface area is 94.2 Å². The second-order valence-corrected chi connectivity index (χ2v) is 3.94. The van der Waals surface area contributed by atoms with Crippen molar-refractivity contribution in [3.05, 3.63) is 30.3 Å². The van der Waals surface area contributed by atoms with Gasteiger partial charge in [-0.15, -0.1) is 0 Å². The molecule has 0 saturated carbocycles. The van der Waals surface area contributed by atoms with Gasteiger partial charge in [0, 0.05) is 25.6 Å². The highest BCUT2D eigenvalue weighted by Crippen LogP contribution is 2.20. The lowest BCUT2D eigenvalue weighted by molar-refractivity contribution is -0.119. The minimum Gasteiger partial charge on any atom is -0.351 e. The summed E-state index contributed by atoms with van der Waals surface area (Å²) in [5, 5.41) is 2.77. The molecule has 0 spiro atoms. The monoisotopic (exact) mass is 218 g/mol. The Morgan fingerprint density at radius 3 is 2.69 bits per heavy atom. The summed E-state index contributed by atoms with van der Waals surface area (Å²) in [5.74, 6) is -0.0299. The van der Waals surface area contributed by atoms with Crippen molar-refractivity contribution in [1.29, 1.82) is 0 Å². The summed E-state index contributed by atoms with van der Waals surface area (Å²) in [4.78, 5) is 24.4. The van der Waals surface area contributed by atoms with E-state index in [9.17, 15) is 9.59 Å². The van der Waals surface area contributed by atoms with Crippen molar-refractivity contribution in [1.82, 2.24) is 5.32 Å². The topological polar surface area (TPSA) is 49.4 Å². The molecule has 0 aromatic heterocycles. The number of hydrogen-bond donors (Lipinski definition) is 1. The molecule has 1 atom stereocenters. The molecule has 2 amide bonds. The van der Waals surface area contributed by atoms with Crippen molar-refractivity contribution < 1.29 is 9.59 Å². The second-order valence-electron chi connectivity index (χ2n) is 3.94. The van der Waals surface area contributed by atoms with Gasteiger partial charge in [-0.25, -0.2) is 0 Å². The Kier molecular flexibility index (Phi) is 2.90. The summed E-state index contributed by atoms with van der Waals surface area (Å²) in [7, 11) is 0. The number of para-hydroxylation sites is 1. The number of hydrogen-bond acceptors (Lipinski definition) is 2. The molecular weight excluding hydrogens is 204 g/mol. The van der Waals surface area contributed by atoms with Gasteiger partial charge in [0.05, 0.1) is 6.04 Å². The van der Waals surface area contributed by atoms with Crippen molar-refractivity contribution in [2.45, 2.75) is 19.4 Å². The molecule has 4 heteroatoms. The third-order valence-corrected chi connectivity index (χ3v) is 2.60. The van der Waals surface area contributed by atoms with Crippen LogP contribution in [0.3, 0.4) is 0 Å². The van der Waals surface area contributed by atoms with Gasteiger partial charge in [-0.05, 0) is 12.1 Å². The second kappa shape index (κ2) is 4.35. The van der Waals surface area contributed by atoms with E-state index in [1.54, 1.807) is 4.90 Å². The molecule has 1 fully saturated rings. The van der Waals surface area contributed by atoms with Gasteiger partial charge in [-0.1, -0.05) is 18.2 Å². The normalized spacial score (nSPS) is 19.9. The molecule has 1 aliphatic heterocycles. The van der Waals surface area contributed by atoms with Gasteiger partial charge in [-0.3, -0.25) is 9.59 Å². The predicted octanol–water partition coefficient (Wildman–Crippen LogP) is 0.928. The van der Waals surface area contributed by atoms with Gasteiger partial charge in [0.15, 0.2) is 0 Å². The maximum Gasteiger partial charge on any atom is 0.229 e. The van der Waals surface area contributed by atoms with Crippen LogP contribution in [0, 0.1) is 0 Å². The van der Waals surface area contributed by atoms with Crippen LogP contribution in [0.1, 0.15) is 13.3 Å². The molecule has 1 aromatic carbocycles. The summed E-state index contributed by atoms with van der Waals surface area (Å²) in [6.45, 7) is 2.03. The minimum absolute atomic E-state index is 0.0601. The zero-order valence-electron chi connectivity index (χ0n) is 9.14. The van der Waals surface area contributed by atoms with E-state index in [2.05, 4.69) is 5.32 Å². The van der Waals surface area contributed by atoms with Crippen molar-refractivity contribution in [2.24, 2.45) is 0 Å². The maximum absolute atomic E-state index is 11.7. The van der Waals surface area contributed by atoms with Crippen LogP contribution >= 0.6 is 0 Å². The van der Waals surface area contributed by atoms with Crippen molar-refractivity contribution >= 4 is 17.5 Å². The van der Waals surface area contributed by atoms with Gasteiger partial charge in [0.1, 0.15) is 0 Å². The van der Waals surface area contributed by atoms with Crippen LogP contribution in [0.15, 0.2) is 30.3 Å². The van der Waals surface area contributed by atoms with Gasteiger partial charge in [-0.2, -0.15) is 0 Å². The van der Waals surface area contributed by atoms with Gasteiger partial charge in [0.2, 0.25) is 11.8 Å². The number of benzene rings is 1. The molecule has 16 heavy (non-hydrogen) atoms. The molecule has 0 bridgehead atoms. The molecule has 1 saturated heterocycles. The number of amides is 2. The summed E-state index contributed by atoms with van der Waals surface area (Å²) >= 11 is 0. The fourth-order valence-electron chi connectivity index (χ4n) is 1.95. The zero-order chi connectivity index (χ0) is 11.5. The Morgan fingerprint density at radius 1 is 1.38 bits per heavy atom. The first-order valence-electron chi connectivity index (χ1n) is 5.29. The first-order valence-corrected chi connectivity index (χ1v) is 5.29. The lowest BCUT2D eigenvalue weighted by Crippen LogP contribution is -2.35. The number of carbonyl (C=O) groups excluding carboxylic acids is 2. The molecule has 0 radical (unpaired) electrons. The van der Waals surface area contributed by atoms with E-state index >= 15 is 0 Å². The van der Waals surface area contributed by atoms with E-state index < -0.39 is 0 Å². The number of nitrogens with zero attached hydrogens (tertiary/aromatic N) is 1. The molecular formula is C12H14N2O2. The average Bonchev–Trinajstić information content (AvgIpc) is 2.60. The number of carbonyl (C=O) groups is 2. The molecule has 1 unspecified atom stereocenters. The third-order valence-electron chi connectivity index (χ3n) is 2.60. The summed E-state index contributed by atoms with van der Waals surface area (Å²) < 4.78 is 0. The lowest BCUT2D eigenvalue weighted by atomic mass is 10.2. The van der Waals surface area contributed by atoms with Crippen molar-refractivity contribution in [3.8, 4) is 0 Å². The Hall–Kier alpha value is -1.84. The predicted molar refractivity (Wildman–Crippen MR) is 61.0 cm³/mol. The quantitative estimate of drug-likeness (QED) is 0.802. The highest BCUT2D eigenvalue weighted by molar-refractivity contribution is 5.96. The van der Waals surface area contributed by atoms with Crippen molar-refractivity contribution in [2.75, 3.05) is 11.4 Å². The van der Waals surface area contributed by atoms with Crippen LogP contribution < -0.4 is 10.2 Å². The summed E-state index contributed by atoms with van der Waals surface area (Å²) in [6.07, 6.45) is 0.383. The Balaban J connectivity index is 2.08. The fraction of sp³-hybridized carbons (Fsp3) is 0.333. The van der Waals surface area contributed by atoms with E-state index in [1.165, 1.54) is 6.92 Å². The van der Waals surface area contributed by atoms with Crippen LogP contribution in [0.25, 0.3) is 0 Å². The highest BCUT2D eigenvalue weighted by atomic mass is 16.2. The molecule has 84 valence electrons. The number of nitrogens with one attached hydrogen (secondary N) is 1. The van der Waals surface area contributed by atoms with Crippen LogP contribution in [0.5, 0.6) is 0 Å². The largest absolute Gasteiger partial charge is 0.351 e. The van der Waals surface area contributed by atoms with Crippen LogP contribution in [-0.4, -0.2) is 24.4 Å². The van der Waals surface area contributed by atoms with Crippen LogP contribution in [0.4, 0.5) is 5.69 Å². The minimum atomic E-state index is -0.0901. The SMILES string of the molecule is CC(=O)NC1CC(=O)N(c2ccccc2)C1. The average molecular weight is 218 g/mol. The van der Waals surface area contributed by atoms with E-state index in [0.717, 1.165) is 5.69 Å². The van der Waals surface area contributed by atoms with Crippen LogP contribution in [-0.2, 0) is 9.59 Å². The molecule has 4 nitrogen and oxygen atoms in total. The molecule has 1 N–H and O–H groups in total. The fourth-order valence-corrected chi connectivity index (χ4v) is 1.95. The van der Waals surface area contributed by atoms with E-state index in [1.807, 2.05) is 30.3 Å². The third kappa shape index (κ3) is 2.21. The molecule has 0 aliphatic carbocycles. The standard InChI is InChI=1S/C12H14N2O2/c1-9(15)13-10-7-12(16)14(8-10)11-5-3-2-4-6-11/h2-6,10H,7-8H2,1H3,(H,13,15). The van der Waals surface area contributed by atoms with Gasteiger partial charge >= 0.3 is 0 Å².